The van der Waals surface area contributed by atoms with Gasteiger partial charge in [-0.05, 0) is 36.8 Å². The smallest absolute Gasteiger partial charge is 0.261 e. The summed E-state index contributed by atoms with van der Waals surface area (Å²) < 4.78 is 1.81. The van der Waals surface area contributed by atoms with Gasteiger partial charge in [-0.25, -0.2) is 4.98 Å². The van der Waals surface area contributed by atoms with Crippen LogP contribution >= 0.6 is 45.9 Å². The van der Waals surface area contributed by atoms with Crippen LogP contribution in [0.4, 0.5) is 5.13 Å². The number of nitrogens with zero attached hydrogens (tertiary/aromatic N) is 3. The first-order valence-electron chi connectivity index (χ1n) is 9.08. The number of aromatic nitrogens is 1. The maximum Gasteiger partial charge on any atom is 0.261 e. The number of hydrogen-bond donors (Lipinski definition) is 1. The molecule has 1 N–H and O–H groups in total. The fourth-order valence-corrected chi connectivity index (χ4v) is 5.43. The highest BCUT2D eigenvalue weighted by molar-refractivity contribution is 7.22. The van der Waals surface area contributed by atoms with E-state index in [1.54, 1.807) is 23.5 Å². The minimum atomic E-state index is -0.0564. The number of benzene rings is 1. The highest BCUT2D eigenvalue weighted by atomic mass is 35.5. The van der Waals surface area contributed by atoms with Crippen LogP contribution in [0.2, 0.25) is 9.36 Å². The third kappa shape index (κ3) is 4.28. The second kappa shape index (κ2) is 8.55. The lowest BCUT2D eigenvalue weighted by atomic mass is 10.2. The number of thiazole rings is 1. The van der Waals surface area contributed by atoms with E-state index in [1.165, 1.54) is 16.0 Å². The monoisotopic (exact) mass is 454 g/mol. The van der Waals surface area contributed by atoms with Gasteiger partial charge in [-0.15, -0.1) is 11.3 Å². The highest BCUT2D eigenvalue weighted by Gasteiger charge is 2.20. The second-order valence-electron chi connectivity index (χ2n) is 6.70. The molecule has 0 unspecified atom stereocenters. The Balaban J connectivity index is 1.28. The zero-order chi connectivity index (χ0) is 19.7. The van der Waals surface area contributed by atoms with E-state index in [1.807, 2.05) is 19.1 Å². The molecule has 0 saturated carbocycles. The van der Waals surface area contributed by atoms with E-state index >= 15 is 0 Å². The molecule has 1 saturated heterocycles. The minimum Gasteiger partial charge on any atom is -0.350 e. The van der Waals surface area contributed by atoms with Gasteiger partial charge in [0, 0.05) is 44.3 Å². The van der Waals surface area contributed by atoms with E-state index in [4.69, 9.17) is 28.2 Å². The van der Waals surface area contributed by atoms with Crippen LogP contribution in [0.3, 0.4) is 0 Å². The summed E-state index contributed by atoms with van der Waals surface area (Å²) in [7, 11) is 0. The lowest BCUT2D eigenvalue weighted by molar-refractivity contribution is 0.0952. The van der Waals surface area contributed by atoms with Crippen molar-refractivity contribution in [3.63, 3.8) is 0 Å². The van der Waals surface area contributed by atoms with Crippen molar-refractivity contribution in [3.05, 3.63) is 44.1 Å². The normalized spacial score (nSPS) is 15.3. The van der Waals surface area contributed by atoms with Crippen molar-refractivity contribution in [2.24, 2.45) is 0 Å². The number of aryl methyl sites for hydroxylation is 1. The molecule has 1 amide bonds. The summed E-state index contributed by atoms with van der Waals surface area (Å²) in [6, 6.07) is 7.49. The zero-order valence-corrected chi connectivity index (χ0v) is 18.5. The molecule has 0 atom stereocenters. The van der Waals surface area contributed by atoms with Gasteiger partial charge in [-0.2, -0.15) is 0 Å². The van der Waals surface area contributed by atoms with Crippen molar-refractivity contribution >= 4 is 67.1 Å². The summed E-state index contributed by atoms with van der Waals surface area (Å²) in [5, 5.41) is 4.79. The Morgan fingerprint density at radius 2 is 1.93 bits per heavy atom. The summed E-state index contributed by atoms with van der Waals surface area (Å²) in [5.74, 6) is -0.0564. The van der Waals surface area contributed by atoms with Gasteiger partial charge in [0.25, 0.3) is 5.91 Å². The molecule has 1 fully saturated rings. The molecule has 28 heavy (non-hydrogen) atoms. The number of amides is 1. The van der Waals surface area contributed by atoms with Crippen molar-refractivity contribution < 1.29 is 4.79 Å². The fourth-order valence-electron chi connectivity index (χ4n) is 3.24. The number of carbonyl (C=O) groups is 1. The highest BCUT2D eigenvalue weighted by Crippen LogP contribution is 2.33. The molecule has 1 aliphatic rings. The van der Waals surface area contributed by atoms with Crippen molar-refractivity contribution in [3.8, 4) is 0 Å². The largest absolute Gasteiger partial charge is 0.350 e. The van der Waals surface area contributed by atoms with Gasteiger partial charge in [-0.3, -0.25) is 9.69 Å². The van der Waals surface area contributed by atoms with Gasteiger partial charge in [0.15, 0.2) is 5.13 Å². The van der Waals surface area contributed by atoms with Crippen LogP contribution in [0.5, 0.6) is 0 Å². The maximum atomic E-state index is 12.1. The number of piperazine rings is 1. The predicted molar refractivity (Wildman–Crippen MR) is 120 cm³/mol. The third-order valence-electron chi connectivity index (χ3n) is 4.89. The number of hydrogen-bond acceptors (Lipinski definition) is 6. The molecule has 3 aromatic rings. The van der Waals surface area contributed by atoms with Gasteiger partial charge < -0.3 is 10.2 Å². The van der Waals surface area contributed by atoms with Crippen LogP contribution in [-0.4, -0.2) is 55.1 Å². The molecule has 0 spiro atoms. The van der Waals surface area contributed by atoms with Crippen molar-refractivity contribution in [1.82, 2.24) is 15.2 Å². The number of thiophene rings is 1. The van der Waals surface area contributed by atoms with E-state index in [0.29, 0.717) is 15.8 Å². The third-order valence-corrected chi connectivity index (χ3v) is 7.61. The zero-order valence-electron chi connectivity index (χ0n) is 15.4. The summed E-state index contributed by atoms with van der Waals surface area (Å²) in [5.41, 5.74) is 2.05. The van der Waals surface area contributed by atoms with E-state index in [9.17, 15) is 4.79 Å². The summed E-state index contributed by atoms with van der Waals surface area (Å²) in [4.78, 5) is 22.2. The number of nitrogens with one attached hydrogen (secondary N) is 1. The molecule has 5 nitrogen and oxygen atoms in total. The fraction of sp³-hybridized carbons (Fsp3) is 0.368. The standard InChI is InChI=1S/C19H20Cl2N4OS2/c1-12-13(20)2-3-14-17(12)23-19(28-14)25-10-8-24(9-11-25)7-6-22-18(26)15-4-5-16(21)27-15/h2-5H,6-11H2,1H3,(H,22,26). The summed E-state index contributed by atoms with van der Waals surface area (Å²) >= 11 is 15.1. The number of rotatable bonds is 5. The molecule has 4 rings (SSSR count). The van der Waals surface area contributed by atoms with Crippen LogP contribution in [-0.2, 0) is 0 Å². The van der Waals surface area contributed by atoms with Gasteiger partial charge in [-0.1, -0.05) is 34.5 Å². The minimum absolute atomic E-state index is 0.0564. The number of carbonyl (C=O) groups excluding carboxylic acids is 1. The van der Waals surface area contributed by atoms with Crippen LogP contribution in [0.25, 0.3) is 10.2 Å². The van der Waals surface area contributed by atoms with Crippen LogP contribution < -0.4 is 10.2 Å². The molecule has 1 aromatic carbocycles. The number of halogens is 2. The number of anilines is 1. The predicted octanol–water partition coefficient (Wildman–Crippen LogP) is 4.53. The lowest BCUT2D eigenvalue weighted by Crippen LogP contribution is -2.48. The molecular weight excluding hydrogens is 435 g/mol. The van der Waals surface area contributed by atoms with Gasteiger partial charge in [0.1, 0.15) is 0 Å². The molecule has 2 aromatic heterocycles. The average molecular weight is 455 g/mol. The molecule has 0 bridgehead atoms. The Hall–Kier alpha value is -1.38. The quantitative estimate of drug-likeness (QED) is 0.615. The van der Waals surface area contributed by atoms with E-state index in [0.717, 1.165) is 54.0 Å². The lowest BCUT2D eigenvalue weighted by Gasteiger charge is -2.34. The van der Waals surface area contributed by atoms with Gasteiger partial charge >= 0.3 is 0 Å². The Morgan fingerprint density at radius 1 is 1.14 bits per heavy atom. The Kier molecular flexibility index (Phi) is 6.08. The molecule has 1 aliphatic heterocycles. The molecule has 3 heterocycles. The van der Waals surface area contributed by atoms with Crippen LogP contribution in [0.1, 0.15) is 15.2 Å². The second-order valence-corrected chi connectivity index (χ2v) is 9.84. The first-order chi connectivity index (χ1) is 13.5. The summed E-state index contributed by atoms with van der Waals surface area (Å²) in [6.07, 6.45) is 0. The molecule has 0 aliphatic carbocycles. The van der Waals surface area contributed by atoms with Gasteiger partial charge in [0.2, 0.25) is 0 Å². The topological polar surface area (TPSA) is 48.5 Å². The van der Waals surface area contributed by atoms with E-state index < -0.39 is 0 Å². The SMILES string of the molecule is Cc1c(Cl)ccc2sc(N3CCN(CCNC(=O)c4ccc(Cl)s4)CC3)nc12. The first-order valence-corrected chi connectivity index (χ1v) is 11.5. The molecule has 0 radical (unpaired) electrons. The molecular formula is C19H20Cl2N4OS2. The van der Waals surface area contributed by atoms with Crippen molar-refractivity contribution in [2.45, 2.75) is 6.92 Å². The van der Waals surface area contributed by atoms with E-state index in [-0.39, 0.29) is 5.91 Å². The average Bonchev–Trinajstić information content (AvgIpc) is 3.32. The van der Waals surface area contributed by atoms with Gasteiger partial charge in [0.05, 0.1) is 19.4 Å². The summed E-state index contributed by atoms with van der Waals surface area (Å²) in [6.45, 7) is 7.26. The number of fused-ring (bicyclic) bond motifs is 1. The maximum absolute atomic E-state index is 12.1. The van der Waals surface area contributed by atoms with E-state index in [2.05, 4.69) is 15.1 Å². The van der Waals surface area contributed by atoms with Crippen molar-refractivity contribution in [1.29, 1.82) is 0 Å². The van der Waals surface area contributed by atoms with Crippen LogP contribution in [0.15, 0.2) is 24.3 Å². The molecule has 9 heteroatoms. The van der Waals surface area contributed by atoms with Crippen molar-refractivity contribution in [2.75, 3.05) is 44.2 Å². The Labute approximate surface area is 181 Å². The Bertz CT molecular complexity index is 995. The molecule has 148 valence electrons. The van der Waals surface area contributed by atoms with Crippen LogP contribution in [0, 0.1) is 6.92 Å². The first kappa shape index (κ1) is 19.9. The Morgan fingerprint density at radius 3 is 2.64 bits per heavy atom.